The van der Waals surface area contributed by atoms with Crippen molar-refractivity contribution in [1.29, 1.82) is 0 Å². The molecule has 0 radical (unpaired) electrons. The first-order valence-electron chi connectivity index (χ1n) is 5.58. The van der Waals surface area contributed by atoms with Gasteiger partial charge in [-0.15, -0.1) is 0 Å². The van der Waals surface area contributed by atoms with Crippen LogP contribution in [0.25, 0.3) is 0 Å². The van der Waals surface area contributed by atoms with Gasteiger partial charge < -0.3 is 9.73 Å². The third kappa shape index (κ3) is 2.38. The van der Waals surface area contributed by atoms with E-state index in [1.54, 1.807) is 0 Å². The van der Waals surface area contributed by atoms with Crippen molar-refractivity contribution >= 4 is 0 Å². The van der Waals surface area contributed by atoms with E-state index in [9.17, 15) is 0 Å². The van der Waals surface area contributed by atoms with Crippen LogP contribution in [0, 0.1) is 12.8 Å². The zero-order valence-electron chi connectivity index (χ0n) is 9.05. The smallest absolute Gasteiger partial charge is 0.101 e. The van der Waals surface area contributed by atoms with Crippen molar-refractivity contribution in [3.63, 3.8) is 0 Å². The van der Waals surface area contributed by atoms with Gasteiger partial charge in [-0.05, 0) is 31.9 Å². The molecule has 1 saturated carbocycles. The highest BCUT2D eigenvalue weighted by molar-refractivity contribution is 5.16. The van der Waals surface area contributed by atoms with E-state index < -0.39 is 0 Å². The second-order valence-electron chi connectivity index (χ2n) is 4.28. The minimum absolute atomic E-state index is 0.505. The minimum Gasteiger partial charge on any atom is -0.469 e. The molecule has 2 heteroatoms. The Bertz CT molecular complexity index is 288. The van der Waals surface area contributed by atoms with Gasteiger partial charge in [0.15, 0.2) is 0 Å². The van der Waals surface area contributed by atoms with Gasteiger partial charge in [0.25, 0.3) is 0 Å². The summed E-state index contributed by atoms with van der Waals surface area (Å²) in [6.45, 7) is 5.19. The Balaban J connectivity index is 2.00. The van der Waals surface area contributed by atoms with Crippen LogP contribution in [0.3, 0.4) is 0 Å². The fourth-order valence-electron chi connectivity index (χ4n) is 1.92. The first-order chi connectivity index (χ1) is 6.79. The molecule has 1 aliphatic rings. The fourth-order valence-corrected chi connectivity index (χ4v) is 1.92. The summed E-state index contributed by atoms with van der Waals surface area (Å²) in [4.78, 5) is 0. The molecule has 14 heavy (non-hydrogen) atoms. The zero-order valence-corrected chi connectivity index (χ0v) is 9.05. The number of hydrogen-bond donors (Lipinski definition) is 1. The van der Waals surface area contributed by atoms with Gasteiger partial charge in [-0.3, -0.25) is 0 Å². The van der Waals surface area contributed by atoms with E-state index in [2.05, 4.69) is 18.3 Å². The largest absolute Gasteiger partial charge is 0.469 e. The molecule has 0 aromatic carbocycles. The summed E-state index contributed by atoms with van der Waals surface area (Å²) in [5, 5.41) is 3.52. The Morgan fingerprint density at radius 1 is 1.57 bits per heavy atom. The monoisotopic (exact) mass is 193 g/mol. The molecular formula is C12H19NO. The van der Waals surface area contributed by atoms with Gasteiger partial charge >= 0.3 is 0 Å². The lowest BCUT2D eigenvalue weighted by atomic mass is 10.0. The third-order valence-corrected chi connectivity index (χ3v) is 2.87. The maximum Gasteiger partial charge on any atom is 0.101 e. The highest BCUT2D eigenvalue weighted by Gasteiger charge is 2.26. The molecule has 0 aliphatic heterocycles. The molecule has 1 aliphatic carbocycles. The van der Waals surface area contributed by atoms with E-state index in [4.69, 9.17) is 4.42 Å². The van der Waals surface area contributed by atoms with E-state index in [0.717, 1.165) is 18.2 Å². The highest BCUT2D eigenvalue weighted by atomic mass is 16.3. The van der Waals surface area contributed by atoms with E-state index >= 15 is 0 Å². The van der Waals surface area contributed by atoms with Crippen LogP contribution in [-0.4, -0.2) is 6.54 Å². The van der Waals surface area contributed by atoms with Crippen LogP contribution in [0.15, 0.2) is 16.7 Å². The quantitative estimate of drug-likeness (QED) is 0.777. The molecular weight excluding hydrogens is 174 g/mol. The Kier molecular flexibility index (Phi) is 2.92. The first-order valence-corrected chi connectivity index (χ1v) is 5.58. The summed E-state index contributed by atoms with van der Waals surface area (Å²) in [7, 11) is 0. The summed E-state index contributed by atoms with van der Waals surface area (Å²) >= 11 is 0. The van der Waals surface area contributed by atoms with E-state index in [1.807, 2.05) is 13.2 Å². The van der Waals surface area contributed by atoms with E-state index in [-0.39, 0.29) is 0 Å². The molecule has 2 rings (SSSR count). The van der Waals surface area contributed by atoms with Gasteiger partial charge in [0, 0.05) is 11.6 Å². The minimum atomic E-state index is 0.505. The third-order valence-electron chi connectivity index (χ3n) is 2.87. The molecule has 0 amide bonds. The van der Waals surface area contributed by atoms with E-state index in [0.29, 0.717) is 6.04 Å². The van der Waals surface area contributed by atoms with Crippen LogP contribution < -0.4 is 5.32 Å². The summed E-state index contributed by atoms with van der Waals surface area (Å²) in [5.41, 5.74) is 1.32. The van der Waals surface area contributed by atoms with Crippen LogP contribution in [-0.2, 0) is 0 Å². The van der Waals surface area contributed by atoms with Crippen molar-refractivity contribution in [2.75, 3.05) is 6.54 Å². The van der Waals surface area contributed by atoms with Crippen LogP contribution >= 0.6 is 0 Å². The van der Waals surface area contributed by atoms with Gasteiger partial charge in [-0.25, -0.2) is 0 Å². The Hall–Kier alpha value is -0.760. The van der Waals surface area contributed by atoms with E-state index in [1.165, 1.54) is 24.8 Å². The van der Waals surface area contributed by atoms with Gasteiger partial charge in [-0.1, -0.05) is 19.8 Å². The van der Waals surface area contributed by atoms with Crippen LogP contribution in [0.5, 0.6) is 0 Å². The summed E-state index contributed by atoms with van der Waals surface area (Å²) < 4.78 is 5.35. The van der Waals surface area contributed by atoms with Gasteiger partial charge in [0.05, 0.1) is 6.26 Å². The lowest BCUT2D eigenvalue weighted by molar-refractivity contribution is 0.475. The van der Waals surface area contributed by atoms with Crippen molar-refractivity contribution in [2.24, 2.45) is 5.92 Å². The Labute approximate surface area is 85.7 Å². The molecule has 1 heterocycles. The van der Waals surface area contributed by atoms with Gasteiger partial charge in [-0.2, -0.15) is 0 Å². The van der Waals surface area contributed by atoms with Crippen molar-refractivity contribution in [3.05, 3.63) is 23.7 Å². The second-order valence-corrected chi connectivity index (χ2v) is 4.28. The predicted octanol–water partition coefficient (Wildman–Crippen LogP) is 3.04. The van der Waals surface area contributed by atoms with Crippen molar-refractivity contribution in [3.8, 4) is 0 Å². The van der Waals surface area contributed by atoms with Gasteiger partial charge in [0.2, 0.25) is 0 Å². The lowest BCUT2D eigenvalue weighted by Gasteiger charge is -2.15. The number of hydrogen-bond acceptors (Lipinski definition) is 2. The van der Waals surface area contributed by atoms with Crippen LogP contribution in [0.2, 0.25) is 0 Å². The molecule has 0 spiro atoms. The molecule has 1 atom stereocenters. The molecule has 1 aromatic rings. The predicted molar refractivity (Wildman–Crippen MR) is 57.2 cm³/mol. The number of rotatable bonds is 5. The average molecular weight is 193 g/mol. The van der Waals surface area contributed by atoms with Crippen LogP contribution in [0.1, 0.15) is 43.6 Å². The molecule has 0 saturated heterocycles. The maximum atomic E-state index is 5.35. The normalized spacial score (nSPS) is 18.4. The second kappa shape index (κ2) is 4.18. The number of nitrogens with one attached hydrogen (secondary N) is 1. The fraction of sp³-hybridized carbons (Fsp3) is 0.667. The Morgan fingerprint density at radius 2 is 2.36 bits per heavy atom. The lowest BCUT2D eigenvalue weighted by Crippen LogP contribution is -2.20. The van der Waals surface area contributed by atoms with Crippen molar-refractivity contribution < 1.29 is 4.42 Å². The molecule has 1 unspecified atom stereocenters. The Morgan fingerprint density at radius 3 is 2.86 bits per heavy atom. The first kappa shape index (κ1) is 9.78. The molecule has 2 nitrogen and oxygen atoms in total. The van der Waals surface area contributed by atoms with Gasteiger partial charge in [0.1, 0.15) is 5.76 Å². The molecule has 0 bridgehead atoms. The topological polar surface area (TPSA) is 25.2 Å². The number of aryl methyl sites for hydroxylation is 1. The average Bonchev–Trinajstić information content (AvgIpc) is 2.87. The zero-order chi connectivity index (χ0) is 9.97. The SMILES string of the molecule is CCNC(CC1CC1)c1coc(C)c1. The van der Waals surface area contributed by atoms with Crippen LogP contribution in [0.4, 0.5) is 0 Å². The van der Waals surface area contributed by atoms with Crippen molar-refractivity contribution in [2.45, 2.75) is 39.2 Å². The summed E-state index contributed by atoms with van der Waals surface area (Å²) in [6.07, 6.45) is 6.00. The summed E-state index contributed by atoms with van der Waals surface area (Å²) in [6, 6.07) is 2.65. The molecule has 78 valence electrons. The molecule has 1 aromatic heterocycles. The maximum absolute atomic E-state index is 5.35. The van der Waals surface area contributed by atoms with Crippen molar-refractivity contribution in [1.82, 2.24) is 5.32 Å². The number of furan rings is 1. The summed E-state index contributed by atoms with van der Waals surface area (Å²) in [5.74, 6) is 1.97. The standard InChI is InChI=1S/C12H19NO/c1-3-13-12(7-10-4-5-10)11-6-9(2)14-8-11/h6,8,10,12-13H,3-5,7H2,1-2H3. The molecule has 1 fully saturated rings. The highest BCUT2D eigenvalue weighted by Crippen LogP contribution is 2.37. The molecule has 1 N–H and O–H groups in total.